The van der Waals surface area contributed by atoms with Crippen molar-refractivity contribution in [3.8, 4) is 0 Å². The van der Waals surface area contributed by atoms with Gasteiger partial charge in [-0.1, -0.05) is 0 Å². The SMILES string of the molecule is Cc1nnc(C)n1C(C)(C)C(=O)O. The maximum absolute atomic E-state index is 10.9. The molecule has 5 heteroatoms. The lowest BCUT2D eigenvalue weighted by Crippen LogP contribution is -2.37. The summed E-state index contributed by atoms with van der Waals surface area (Å²) in [6.07, 6.45) is 0. The van der Waals surface area contributed by atoms with Crippen LogP contribution in [-0.2, 0) is 10.3 Å². The van der Waals surface area contributed by atoms with Gasteiger partial charge in [-0.05, 0) is 27.7 Å². The van der Waals surface area contributed by atoms with E-state index in [0.717, 1.165) is 0 Å². The second-order valence-corrected chi connectivity index (χ2v) is 3.49. The van der Waals surface area contributed by atoms with Gasteiger partial charge < -0.3 is 5.11 Å². The van der Waals surface area contributed by atoms with Crippen molar-refractivity contribution < 1.29 is 9.90 Å². The molecule has 0 aromatic carbocycles. The summed E-state index contributed by atoms with van der Waals surface area (Å²) >= 11 is 0. The number of nitrogens with zero attached hydrogens (tertiary/aromatic N) is 3. The molecule has 0 bridgehead atoms. The van der Waals surface area contributed by atoms with Gasteiger partial charge in [0.15, 0.2) is 0 Å². The highest BCUT2D eigenvalue weighted by Crippen LogP contribution is 2.18. The Labute approximate surface area is 76.4 Å². The lowest BCUT2D eigenvalue weighted by molar-refractivity contribution is -0.145. The van der Waals surface area contributed by atoms with Gasteiger partial charge in [0.05, 0.1) is 0 Å². The molecule has 0 unspecified atom stereocenters. The minimum Gasteiger partial charge on any atom is -0.480 e. The number of carbonyl (C=O) groups is 1. The van der Waals surface area contributed by atoms with E-state index in [-0.39, 0.29) is 0 Å². The zero-order valence-corrected chi connectivity index (χ0v) is 8.20. The van der Waals surface area contributed by atoms with Crippen LogP contribution in [0.3, 0.4) is 0 Å². The molecule has 0 aliphatic carbocycles. The fourth-order valence-electron chi connectivity index (χ4n) is 1.37. The summed E-state index contributed by atoms with van der Waals surface area (Å²) in [4.78, 5) is 10.9. The number of rotatable bonds is 2. The maximum Gasteiger partial charge on any atom is 0.329 e. The van der Waals surface area contributed by atoms with Crippen LogP contribution >= 0.6 is 0 Å². The Morgan fingerprint density at radius 2 is 1.69 bits per heavy atom. The predicted octanol–water partition coefficient (Wildman–Crippen LogP) is 0.715. The van der Waals surface area contributed by atoms with E-state index in [9.17, 15) is 4.79 Å². The van der Waals surface area contributed by atoms with Gasteiger partial charge in [0.1, 0.15) is 17.2 Å². The highest BCUT2D eigenvalue weighted by atomic mass is 16.4. The van der Waals surface area contributed by atoms with Crippen LogP contribution in [0.1, 0.15) is 25.5 Å². The summed E-state index contributed by atoms with van der Waals surface area (Å²) in [5.74, 6) is 0.341. The minimum absolute atomic E-state index is 0.616. The summed E-state index contributed by atoms with van der Waals surface area (Å²) in [5, 5.41) is 16.6. The van der Waals surface area contributed by atoms with Gasteiger partial charge in [-0.3, -0.25) is 4.57 Å². The molecular formula is C8H13N3O2. The molecule has 1 aromatic heterocycles. The van der Waals surface area contributed by atoms with Crippen LogP contribution in [-0.4, -0.2) is 25.8 Å². The monoisotopic (exact) mass is 183 g/mol. The zero-order valence-electron chi connectivity index (χ0n) is 8.20. The summed E-state index contributed by atoms with van der Waals surface area (Å²) in [6, 6.07) is 0. The number of carboxylic acid groups (broad SMARTS) is 1. The van der Waals surface area contributed by atoms with Crippen molar-refractivity contribution in [2.75, 3.05) is 0 Å². The van der Waals surface area contributed by atoms with Crippen molar-refractivity contribution in [2.45, 2.75) is 33.2 Å². The molecule has 0 fully saturated rings. The molecule has 1 heterocycles. The van der Waals surface area contributed by atoms with E-state index < -0.39 is 11.5 Å². The van der Waals surface area contributed by atoms with Gasteiger partial charge in [0, 0.05) is 0 Å². The Morgan fingerprint density at radius 3 is 2.00 bits per heavy atom. The van der Waals surface area contributed by atoms with Crippen molar-refractivity contribution in [3.63, 3.8) is 0 Å². The number of hydrogen-bond donors (Lipinski definition) is 1. The molecule has 0 aliphatic rings. The first-order chi connectivity index (χ1) is 5.87. The molecule has 1 rings (SSSR count). The third-order valence-corrected chi connectivity index (χ3v) is 2.07. The van der Waals surface area contributed by atoms with E-state index in [1.165, 1.54) is 0 Å². The summed E-state index contributed by atoms with van der Waals surface area (Å²) in [7, 11) is 0. The van der Waals surface area contributed by atoms with Crippen LogP contribution in [0, 0.1) is 13.8 Å². The molecule has 0 aliphatic heterocycles. The fraction of sp³-hybridized carbons (Fsp3) is 0.625. The minimum atomic E-state index is -0.988. The van der Waals surface area contributed by atoms with Gasteiger partial charge >= 0.3 is 5.97 Å². The number of aryl methyl sites for hydroxylation is 2. The van der Waals surface area contributed by atoms with Crippen LogP contribution in [0.5, 0.6) is 0 Å². The molecule has 1 N–H and O–H groups in total. The first kappa shape index (κ1) is 9.70. The first-order valence-electron chi connectivity index (χ1n) is 4.00. The normalized spacial score (nSPS) is 11.7. The Kier molecular flexibility index (Phi) is 2.11. The maximum atomic E-state index is 10.9. The fourth-order valence-corrected chi connectivity index (χ4v) is 1.37. The van der Waals surface area contributed by atoms with E-state index in [4.69, 9.17) is 5.11 Å². The second-order valence-electron chi connectivity index (χ2n) is 3.49. The highest BCUT2D eigenvalue weighted by Gasteiger charge is 2.32. The van der Waals surface area contributed by atoms with E-state index in [1.807, 2.05) is 0 Å². The molecule has 0 atom stereocenters. The number of hydrogen-bond acceptors (Lipinski definition) is 3. The van der Waals surface area contributed by atoms with Gasteiger partial charge in [0.25, 0.3) is 0 Å². The second kappa shape index (κ2) is 2.83. The Morgan fingerprint density at radius 1 is 1.31 bits per heavy atom. The largest absolute Gasteiger partial charge is 0.480 e. The van der Waals surface area contributed by atoms with E-state index in [1.54, 1.807) is 32.3 Å². The lowest BCUT2D eigenvalue weighted by atomic mass is 10.1. The molecule has 0 saturated heterocycles. The molecule has 5 nitrogen and oxygen atoms in total. The third-order valence-electron chi connectivity index (χ3n) is 2.07. The zero-order chi connectivity index (χ0) is 10.2. The Hall–Kier alpha value is -1.39. The molecule has 13 heavy (non-hydrogen) atoms. The molecule has 0 saturated carbocycles. The first-order valence-corrected chi connectivity index (χ1v) is 4.00. The van der Waals surface area contributed by atoms with Crippen LogP contribution in [0.25, 0.3) is 0 Å². The number of carboxylic acids is 1. The van der Waals surface area contributed by atoms with E-state index in [2.05, 4.69) is 10.2 Å². The molecule has 72 valence electrons. The molecule has 0 amide bonds. The topological polar surface area (TPSA) is 68.0 Å². The van der Waals surface area contributed by atoms with Crippen molar-refractivity contribution >= 4 is 5.97 Å². The van der Waals surface area contributed by atoms with Crippen LogP contribution in [0.4, 0.5) is 0 Å². The Bertz CT molecular complexity index is 322. The standard InChI is InChI=1S/C8H13N3O2/c1-5-9-10-6(2)11(5)8(3,4)7(12)13/h1-4H3,(H,12,13). The summed E-state index contributed by atoms with van der Waals surface area (Å²) in [5.41, 5.74) is -0.988. The smallest absolute Gasteiger partial charge is 0.329 e. The highest BCUT2D eigenvalue weighted by molar-refractivity contribution is 5.75. The van der Waals surface area contributed by atoms with Crippen molar-refractivity contribution in [1.29, 1.82) is 0 Å². The van der Waals surface area contributed by atoms with Gasteiger partial charge in [-0.2, -0.15) is 0 Å². The number of aliphatic carboxylic acids is 1. The van der Waals surface area contributed by atoms with E-state index >= 15 is 0 Å². The lowest BCUT2D eigenvalue weighted by Gasteiger charge is -2.23. The van der Waals surface area contributed by atoms with Crippen molar-refractivity contribution in [3.05, 3.63) is 11.6 Å². The average molecular weight is 183 g/mol. The van der Waals surface area contributed by atoms with Crippen molar-refractivity contribution in [1.82, 2.24) is 14.8 Å². The molecule has 0 radical (unpaired) electrons. The van der Waals surface area contributed by atoms with Gasteiger partial charge in [-0.15, -0.1) is 10.2 Å². The van der Waals surface area contributed by atoms with Gasteiger partial charge in [0.2, 0.25) is 0 Å². The molecular weight excluding hydrogens is 170 g/mol. The van der Waals surface area contributed by atoms with Crippen molar-refractivity contribution in [2.24, 2.45) is 0 Å². The molecule has 1 aromatic rings. The van der Waals surface area contributed by atoms with Crippen LogP contribution in [0.15, 0.2) is 0 Å². The van der Waals surface area contributed by atoms with E-state index in [0.29, 0.717) is 11.6 Å². The Balaban J connectivity index is 3.28. The molecule has 0 spiro atoms. The predicted molar refractivity (Wildman–Crippen MR) is 46.5 cm³/mol. The van der Waals surface area contributed by atoms with Gasteiger partial charge in [-0.25, -0.2) is 4.79 Å². The number of aromatic nitrogens is 3. The summed E-state index contributed by atoms with van der Waals surface area (Å²) < 4.78 is 1.61. The van der Waals surface area contributed by atoms with Crippen LogP contribution in [0.2, 0.25) is 0 Å². The average Bonchev–Trinajstić information content (AvgIpc) is 2.30. The third kappa shape index (κ3) is 1.41. The quantitative estimate of drug-likeness (QED) is 0.733. The summed E-state index contributed by atoms with van der Waals surface area (Å²) in [6.45, 7) is 6.73. The van der Waals surface area contributed by atoms with Crippen LogP contribution < -0.4 is 0 Å².